The Balaban J connectivity index is 1.70. The van der Waals surface area contributed by atoms with Crippen molar-refractivity contribution in [1.82, 2.24) is 19.7 Å². The SMILES string of the molecule is CC(=O)N1CCC2(C1)Cn1c(nnc1-c1cc(Cl)ccc1Cl)CO2. The molecule has 2 aromatic rings. The van der Waals surface area contributed by atoms with E-state index in [1.54, 1.807) is 25.1 Å². The lowest BCUT2D eigenvalue weighted by atomic mass is 10.0. The Morgan fingerprint density at radius 1 is 1.29 bits per heavy atom. The van der Waals surface area contributed by atoms with Crippen LogP contribution < -0.4 is 0 Å². The molecule has 3 heterocycles. The fourth-order valence-corrected chi connectivity index (χ4v) is 3.76. The summed E-state index contributed by atoms with van der Waals surface area (Å²) in [5, 5.41) is 9.68. The second-order valence-corrected chi connectivity index (χ2v) is 7.16. The highest BCUT2D eigenvalue weighted by Crippen LogP contribution is 2.36. The lowest BCUT2D eigenvalue weighted by Crippen LogP contribution is -2.44. The van der Waals surface area contributed by atoms with E-state index in [1.165, 1.54) is 0 Å². The van der Waals surface area contributed by atoms with E-state index in [4.69, 9.17) is 27.9 Å². The van der Waals surface area contributed by atoms with E-state index in [-0.39, 0.29) is 11.5 Å². The van der Waals surface area contributed by atoms with Crippen molar-refractivity contribution in [2.75, 3.05) is 13.1 Å². The Labute approximate surface area is 149 Å². The Hall–Kier alpha value is -1.63. The Morgan fingerprint density at radius 2 is 2.12 bits per heavy atom. The zero-order chi connectivity index (χ0) is 16.9. The van der Waals surface area contributed by atoms with Gasteiger partial charge in [-0.1, -0.05) is 23.2 Å². The molecule has 0 radical (unpaired) electrons. The number of benzene rings is 1. The highest BCUT2D eigenvalue weighted by molar-refractivity contribution is 6.35. The van der Waals surface area contributed by atoms with Crippen molar-refractivity contribution in [1.29, 1.82) is 0 Å². The minimum absolute atomic E-state index is 0.0723. The molecule has 4 rings (SSSR count). The largest absolute Gasteiger partial charge is 0.363 e. The Kier molecular flexibility index (Phi) is 3.78. The van der Waals surface area contributed by atoms with E-state index in [0.717, 1.165) is 17.8 Å². The molecule has 1 unspecified atom stereocenters. The molecule has 1 fully saturated rings. The van der Waals surface area contributed by atoms with E-state index < -0.39 is 0 Å². The maximum absolute atomic E-state index is 11.6. The first-order valence-corrected chi connectivity index (χ1v) is 8.50. The van der Waals surface area contributed by atoms with Crippen LogP contribution in [0.1, 0.15) is 19.2 Å². The summed E-state index contributed by atoms with van der Waals surface area (Å²) in [5.41, 5.74) is 0.363. The molecule has 0 bridgehead atoms. The van der Waals surface area contributed by atoms with E-state index in [9.17, 15) is 4.79 Å². The monoisotopic (exact) mass is 366 g/mol. The molecule has 1 saturated heterocycles. The van der Waals surface area contributed by atoms with Crippen molar-refractivity contribution >= 4 is 29.1 Å². The van der Waals surface area contributed by atoms with Crippen LogP contribution in [0.15, 0.2) is 18.2 Å². The number of rotatable bonds is 1. The standard InChI is InChI=1S/C16H16Cl2N4O2/c1-10(23)21-5-4-16(8-21)9-22-14(7-24-16)19-20-15(22)12-6-11(17)2-3-13(12)18/h2-3,6H,4-5,7-9H2,1H3. The van der Waals surface area contributed by atoms with Crippen LogP contribution in [0.25, 0.3) is 11.4 Å². The van der Waals surface area contributed by atoms with Crippen LogP contribution >= 0.6 is 23.2 Å². The first kappa shape index (κ1) is 15.9. The summed E-state index contributed by atoms with van der Waals surface area (Å²) in [6.07, 6.45) is 0.799. The average molecular weight is 367 g/mol. The van der Waals surface area contributed by atoms with Gasteiger partial charge in [0.2, 0.25) is 5.91 Å². The van der Waals surface area contributed by atoms with Crippen LogP contribution in [0.5, 0.6) is 0 Å². The number of hydrogen-bond donors (Lipinski definition) is 0. The van der Waals surface area contributed by atoms with Gasteiger partial charge in [-0.15, -0.1) is 10.2 Å². The molecule has 1 aromatic heterocycles. The van der Waals surface area contributed by atoms with Gasteiger partial charge < -0.3 is 14.2 Å². The van der Waals surface area contributed by atoms with Crippen molar-refractivity contribution in [2.45, 2.75) is 32.1 Å². The molecular formula is C16H16Cl2N4O2. The molecule has 2 aliphatic rings. The second kappa shape index (κ2) is 5.72. The molecule has 6 nitrogen and oxygen atoms in total. The van der Waals surface area contributed by atoms with Gasteiger partial charge in [0.15, 0.2) is 11.6 Å². The predicted octanol–water partition coefficient (Wildman–Crippen LogP) is 2.77. The van der Waals surface area contributed by atoms with Crippen LogP contribution in [-0.4, -0.2) is 44.3 Å². The van der Waals surface area contributed by atoms with Gasteiger partial charge in [-0.05, 0) is 24.6 Å². The molecule has 126 valence electrons. The predicted molar refractivity (Wildman–Crippen MR) is 89.9 cm³/mol. The van der Waals surface area contributed by atoms with Gasteiger partial charge in [0, 0.05) is 24.1 Å². The molecule has 8 heteroatoms. The number of carbonyl (C=O) groups excluding carboxylic acids is 1. The maximum atomic E-state index is 11.6. The van der Waals surface area contributed by atoms with E-state index in [2.05, 4.69) is 10.2 Å². The zero-order valence-corrected chi connectivity index (χ0v) is 14.6. The summed E-state index contributed by atoms with van der Waals surface area (Å²) >= 11 is 12.4. The van der Waals surface area contributed by atoms with Gasteiger partial charge in [-0.3, -0.25) is 4.79 Å². The topological polar surface area (TPSA) is 60.2 Å². The third kappa shape index (κ3) is 2.59. The number of nitrogens with zero attached hydrogens (tertiary/aromatic N) is 4. The number of hydrogen-bond acceptors (Lipinski definition) is 4. The average Bonchev–Trinajstić information content (AvgIpc) is 3.15. The van der Waals surface area contributed by atoms with Crippen molar-refractivity contribution in [3.63, 3.8) is 0 Å². The normalized spacial score (nSPS) is 22.9. The molecule has 1 amide bonds. The van der Waals surface area contributed by atoms with Gasteiger partial charge in [-0.25, -0.2) is 0 Å². The minimum atomic E-state index is -0.388. The minimum Gasteiger partial charge on any atom is -0.363 e. The van der Waals surface area contributed by atoms with Gasteiger partial charge in [0.05, 0.1) is 18.1 Å². The van der Waals surface area contributed by atoms with Crippen molar-refractivity contribution in [2.24, 2.45) is 0 Å². The Morgan fingerprint density at radius 3 is 2.88 bits per heavy atom. The molecular weight excluding hydrogens is 351 g/mol. The molecule has 2 aliphatic heterocycles. The second-order valence-electron chi connectivity index (χ2n) is 6.31. The smallest absolute Gasteiger partial charge is 0.219 e. The Bertz CT molecular complexity index is 822. The zero-order valence-electron chi connectivity index (χ0n) is 13.1. The fraction of sp³-hybridized carbons (Fsp3) is 0.438. The first-order chi connectivity index (χ1) is 11.5. The highest BCUT2D eigenvalue weighted by Gasteiger charge is 2.44. The van der Waals surface area contributed by atoms with E-state index in [0.29, 0.717) is 42.1 Å². The summed E-state index contributed by atoms with van der Waals surface area (Å²) in [4.78, 5) is 13.5. The first-order valence-electron chi connectivity index (χ1n) is 7.74. The van der Waals surface area contributed by atoms with Crippen LogP contribution in [0.3, 0.4) is 0 Å². The van der Waals surface area contributed by atoms with Gasteiger partial charge >= 0.3 is 0 Å². The number of carbonyl (C=O) groups is 1. The molecule has 1 spiro atoms. The van der Waals surface area contributed by atoms with E-state index >= 15 is 0 Å². The quantitative estimate of drug-likeness (QED) is 0.778. The van der Waals surface area contributed by atoms with Crippen molar-refractivity contribution in [3.05, 3.63) is 34.1 Å². The number of halogens is 2. The number of aromatic nitrogens is 3. The maximum Gasteiger partial charge on any atom is 0.219 e. The third-order valence-corrected chi connectivity index (χ3v) is 5.28. The van der Waals surface area contributed by atoms with Crippen LogP contribution in [0.4, 0.5) is 0 Å². The van der Waals surface area contributed by atoms with E-state index in [1.807, 2.05) is 9.47 Å². The number of fused-ring (bicyclic) bond motifs is 1. The number of amides is 1. The molecule has 1 aromatic carbocycles. The molecule has 0 saturated carbocycles. The number of ether oxygens (including phenoxy) is 1. The van der Waals surface area contributed by atoms with Gasteiger partial charge in [-0.2, -0.15) is 0 Å². The lowest BCUT2D eigenvalue weighted by molar-refractivity contribution is -0.131. The summed E-state index contributed by atoms with van der Waals surface area (Å²) in [6, 6.07) is 5.29. The molecule has 1 atom stereocenters. The number of likely N-dealkylation sites (tertiary alicyclic amines) is 1. The summed E-state index contributed by atoms with van der Waals surface area (Å²) in [7, 11) is 0. The summed E-state index contributed by atoms with van der Waals surface area (Å²) in [6.45, 7) is 3.85. The van der Waals surface area contributed by atoms with Crippen LogP contribution in [0.2, 0.25) is 10.0 Å². The van der Waals surface area contributed by atoms with Crippen molar-refractivity contribution < 1.29 is 9.53 Å². The lowest BCUT2D eigenvalue weighted by Gasteiger charge is -2.34. The molecule has 0 N–H and O–H groups in total. The summed E-state index contributed by atoms with van der Waals surface area (Å²) < 4.78 is 8.09. The molecule has 0 aliphatic carbocycles. The third-order valence-electron chi connectivity index (χ3n) is 4.71. The van der Waals surface area contributed by atoms with Gasteiger partial charge in [0.25, 0.3) is 0 Å². The van der Waals surface area contributed by atoms with Crippen LogP contribution in [-0.2, 0) is 22.7 Å². The van der Waals surface area contributed by atoms with Crippen molar-refractivity contribution in [3.8, 4) is 11.4 Å². The molecule has 24 heavy (non-hydrogen) atoms. The van der Waals surface area contributed by atoms with Gasteiger partial charge in [0.1, 0.15) is 12.2 Å². The highest BCUT2D eigenvalue weighted by atomic mass is 35.5. The summed E-state index contributed by atoms with van der Waals surface area (Å²) in [5.74, 6) is 1.51. The van der Waals surface area contributed by atoms with Crippen LogP contribution in [0, 0.1) is 0 Å². The fourth-order valence-electron chi connectivity index (χ4n) is 3.39.